The fourth-order valence-corrected chi connectivity index (χ4v) is 2.31. The van der Waals surface area contributed by atoms with Crippen LogP contribution >= 0.6 is 0 Å². The van der Waals surface area contributed by atoms with Crippen molar-refractivity contribution in [1.82, 2.24) is 10.2 Å². The third kappa shape index (κ3) is 3.87. The first-order valence-corrected chi connectivity index (χ1v) is 7.22. The molecule has 0 bridgehead atoms. The van der Waals surface area contributed by atoms with Crippen LogP contribution in [0.25, 0.3) is 0 Å². The van der Waals surface area contributed by atoms with Gasteiger partial charge in [0.05, 0.1) is 6.61 Å². The molecular formula is C15H20FN3O3. The van der Waals surface area contributed by atoms with Gasteiger partial charge in [0, 0.05) is 31.9 Å². The molecule has 0 unspecified atom stereocenters. The Hall–Kier alpha value is -2.31. The molecule has 1 aliphatic heterocycles. The van der Waals surface area contributed by atoms with E-state index < -0.39 is 0 Å². The molecule has 0 spiro atoms. The highest BCUT2D eigenvalue weighted by molar-refractivity contribution is 5.91. The van der Waals surface area contributed by atoms with Crippen LogP contribution in [0.15, 0.2) is 24.3 Å². The number of rotatable bonds is 3. The third-order valence-electron chi connectivity index (χ3n) is 3.56. The summed E-state index contributed by atoms with van der Waals surface area (Å²) < 4.78 is 17.8. The summed E-state index contributed by atoms with van der Waals surface area (Å²) in [7, 11) is 1.61. The smallest absolute Gasteiger partial charge is 0.409 e. The van der Waals surface area contributed by atoms with Gasteiger partial charge in [0.2, 0.25) is 0 Å². The molecule has 7 heteroatoms. The Balaban J connectivity index is 1.87. The minimum atomic E-state index is -0.355. The minimum Gasteiger partial charge on any atom is -0.450 e. The molecule has 1 N–H and O–H groups in total. The van der Waals surface area contributed by atoms with Gasteiger partial charge < -0.3 is 15.0 Å². The zero-order valence-corrected chi connectivity index (χ0v) is 12.7. The van der Waals surface area contributed by atoms with E-state index in [2.05, 4.69) is 5.32 Å². The summed E-state index contributed by atoms with van der Waals surface area (Å²) in [6.45, 7) is 3.08. The number of anilines is 1. The Morgan fingerprint density at radius 2 is 2.09 bits per heavy atom. The van der Waals surface area contributed by atoms with Crippen LogP contribution in [-0.2, 0) is 4.74 Å². The van der Waals surface area contributed by atoms with E-state index in [1.807, 2.05) is 0 Å². The molecular weight excluding hydrogens is 289 g/mol. The maximum atomic E-state index is 12.9. The SMILES string of the molecule is CCOC(=O)N1CC[C@H](NC(=O)N(C)c2ccc(F)cc2)C1. The third-order valence-corrected chi connectivity index (χ3v) is 3.56. The number of urea groups is 1. The van der Waals surface area contributed by atoms with Gasteiger partial charge in [-0.25, -0.2) is 14.0 Å². The van der Waals surface area contributed by atoms with Crippen molar-refractivity contribution in [3.05, 3.63) is 30.1 Å². The van der Waals surface area contributed by atoms with Crippen molar-refractivity contribution in [3.63, 3.8) is 0 Å². The molecule has 1 aliphatic rings. The van der Waals surface area contributed by atoms with E-state index in [-0.39, 0.29) is 24.0 Å². The predicted octanol–water partition coefficient (Wildman–Crippen LogP) is 2.20. The summed E-state index contributed by atoms with van der Waals surface area (Å²) >= 11 is 0. The van der Waals surface area contributed by atoms with Crippen molar-refractivity contribution >= 4 is 17.8 Å². The van der Waals surface area contributed by atoms with Crippen LogP contribution in [0.3, 0.4) is 0 Å². The number of amides is 3. The lowest BCUT2D eigenvalue weighted by atomic mass is 10.2. The Morgan fingerprint density at radius 3 is 2.73 bits per heavy atom. The Labute approximate surface area is 128 Å². The number of carbonyl (C=O) groups excluding carboxylic acids is 2. The lowest BCUT2D eigenvalue weighted by Gasteiger charge is -2.21. The van der Waals surface area contributed by atoms with E-state index in [9.17, 15) is 14.0 Å². The Morgan fingerprint density at radius 1 is 1.41 bits per heavy atom. The molecule has 2 rings (SSSR count). The number of halogens is 1. The predicted molar refractivity (Wildman–Crippen MR) is 80.3 cm³/mol. The van der Waals surface area contributed by atoms with Crippen molar-refractivity contribution in [2.45, 2.75) is 19.4 Å². The molecule has 3 amide bonds. The highest BCUT2D eigenvalue weighted by atomic mass is 19.1. The molecule has 1 fully saturated rings. The quantitative estimate of drug-likeness (QED) is 0.931. The highest BCUT2D eigenvalue weighted by Gasteiger charge is 2.28. The normalized spacial score (nSPS) is 17.2. The summed E-state index contributed by atoms with van der Waals surface area (Å²) in [5.74, 6) is -0.349. The van der Waals surface area contributed by atoms with Crippen LogP contribution in [0, 0.1) is 5.82 Å². The van der Waals surface area contributed by atoms with Crippen LogP contribution in [0.5, 0.6) is 0 Å². The van der Waals surface area contributed by atoms with Gasteiger partial charge in [-0.05, 0) is 37.6 Å². The van der Waals surface area contributed by atoms with Crippen molar-refractivity contribution in [2.24, 2.45) is 0 Å². The summed E-state index contributed by atoms with van der Waals surface area (Å²) in [5.41, 5.74) is 0.596. The van der Waals surface area contributed by atoms with Gasteiger partial charge in [0.1, 0.15) is 5.82 Å². The summed E-state index contributed by atoms with van der Waals surface area (Å²) in [6.07, 6.45) is 0.327. The molecule has 1 saturated heterocycles. The van der Waals surface area contributed by atoms with Crippen LogP contribution in [0.4, 0.5) is 19.7 Å². The summed E-state index contributed by atoms with van der Waals surface area (Å²) in [6, 6.07) is 5.28. The van der Waals surface area contributed by atoms with E-state index in [4.69, 9.17) is 4.74 Å². The second kappa shape index (κ2) is 7.11. The maximum absolute atomic E-state index is 12.9. The highest BCUT2D eigenvalue weighted by Crippen LogP contribution is 2.15. The first-order valence-electron chi connectivity index (χ1n) is 7.22. The molecule has 0 saturated carbocycles. The van der Waals surface area contributed by atoms with E-state index in [0.29, 0.717) is 31.8 Å². The maximum Gasteiger partial charge on any atom is 0.409 e. The zero-order valence-electron chi connectivity index (χ0n) is 12.7. The lowest BCUT2D eigenvalue weighted by Crippen LogP contribution is -2.44. The van der Waals surface area contributed by atoms with Crippen LogP contribution in [0.2, 0.25) is 0 Å². The monoisotopic (exact) mass is 309 g/mol. The molecule has 0 radical (unpaired) electrons. The van der Waals surface area contributed by atoms with Crippen molar-refractivity contribution < 1.29 is 18.7 Å². The molecule has 22 heavy (non-hydrogen) atoms. The van der Waals surface area contributed by atoms with Crippen molar-refractivity contribution in [1.29, 1.82) is 0 Å². The van der Waals surface area contributed by atoms with Crippen LogP contribution < -0.4 is 10.2 Å². The molecule has 1 heterocycles. The fraction of sp³-hybridized carbons (Fsp3) is 0.467. The number of likely N-dealkylation sites (tertiary alicyclic amines) is 1. The molecule has 0 aliphatic carbocycles. The molecule has 120 valence electrons. The van der Waals surface area contributed by atoms with Gasteiger partial charge in [-0.2, -0.15) is 0 Å². The molecule has 1 aromatic carbocycles. The van der Waals surface area contributed by atoms with Gasteiger partial charge in [0.25, 0.3) is 0 Å². The summed E-state index contributed by atoms with van der Waals surface area (Å²) in [5, 5.41) is 2.86. The summed E-state index contributed by atoms with van der Waals surface area (Å²) in [4.78, 5) is 26.8. The molecule has 6 nitrogen and oxygen atoms in total. The van der Waals surface area contributed by atoms with Gasteiger partial charge in [0.15, 0.2) is 0 Å². The first kappa shape index (κ1) is 16.1. The minimum absolute atomic E-state index is 0.111. The lowest BCUT2D eigenvalue weighted by molar-refractivity contribution is 0.115. The second-order valence-electron chi connectivity index (χ2n) is 5.12. The largest absolute Gasteiger partial charge is 0.450 e. The van der Waals surface area contributed by atoms with Crippen LogP contribution in [0.1, 0.15) is 13.3 Å². The number of hydrogen-bond donors (Lipinski definition) is 1. The average molecular weight is 309 g/mol. The standard InChI is InChI=1S/C15H20FN3O3/c1-3-22-15(21)19-9-8-12(10-19)17-14(20)18(2)13-6-4-11(16)5-7-13/h4-7,12H,3,8-10H2,1-2H3,(H,17,20)/t12-/m0/s1. The number of nitrogens with zero attached hydrogens (tertiary/aromatic N) is 2. The topological polar surface area (TPSA) is 61.9 Å². The average Bonchev–Trinajstić information content (AvgIpc) is 2.96. The van der Waals surface area contributed by atoms with Gasteiger partial charge in [-0.1, -0.05) is 0 Å². The second-order valence-corrected chi connectivity index (χ2v) is 5.12. The Kier molecular flexibility index (Phi) is 5.19. The van der Waals surface area contributed by atoms with E-state index in [1.165, 1.54) is 29.2 Å². The zero-order chi connectivity index (χ0) is 16.1. The number of carbonyl (C=O) groups is 2. The number of ether oxygens (including phenoxy) is 1. The molecule has 0 aromatic heterocycles. The van der Waals surface area contributed by atoms with E-state index in [0.717, 1.165) is 0 Å². The van der Waals surface area contributed by atoms with Crippen LogP contribution in [-0.4, -0.2) is 49.8 Å². The number of hydrogen-bond acceptors (Lipinski definition) is 3. The number of benzene rings is 1. The van der Waals surface area contributed by atoms with E-state index >= 15 is 0 Å². The van der Waals surface area contributed by atoms with E-state index in [1.54, 1.807) is 18.9 Å². The molecule has 1 atom stereocenters. The van der Waals surface area contributed by atoms with Gasteiger partial charge >= 0.3 is 12.1 Å². The number of nitrogens with one attached hydrogen (secondary N) is 1. The van der Waals surface area contributed by atoms with Crippen molar-refractivity contribution in [2.75, 3.05) is 31.6 Å². The Bertz CT molecular complexity index is 535. The van der Waals surface area contributed by atoms with Crippen molar-refractivity contribution in [3.8, 4) is 0 Å². The van der Waals surface area contributed by atoms with Gasteiger partial charge in [-0.3, -0.25) is 4.90 Å². The first-order chi connectivity index (χ1) is 10.5. The molecule has 1 aromatic rings. The van der Waals surface area contributed by atoms with Gasteiger partial charge in [-0.15, -0.1) is 0 Å². The fourth-order valence-electron chi connectivity index (χ4n) is 2.31.